The first-order valence-corrected chi connectivity index (χ1v) is 7.68. The van der Waals surface area contributed by atoms with Gasteiger partial charge in [0.1, 0.15) is 6.04 Å². The summed E-state index contributed by atoms with van der Waals surface area (Å²) in [5.41, 5.74) is 0.838. The zero-order valence-corrected chi connectivity index (χ0v) is 11.6. The Bertz CT molecular complexity index is 582. The molecule has 1 fully saturated rings. The normalized spacial score (nSPS) is 21.2. The van der Waals surface area contributed by atoms with Gasteiger partial charge < -0.3 is 5.11 Å². The van der Waals surface area contributed by atoms with Gasteiger partial charge in [0.15, 0.2) is 0 Å². The Morgan fingerprint density at radius 3 is 2.74 bits per heavy atom. The fourth-order valence-electron chi connectivity index (χ4n) is 2.35. The number of carbonyl (C=O) groups is 1. The second kappa shape index (κ2) is 5.30. The van der Waals surface area contributed by atoms with Crippen LogP contribution in [0.4, 0.5) is 0 Å². The van der Waals surface area contributed by atoms with Crippen LogP contribution in [0.25, 0.3) is 0 Å². The second-order valence-corrected chi connectivity index (χ2v) is 6.67. The molecule has 104 valence electrons. The van der Waals surface area contributed by atoms with E-state index in [0.717, 1.165) is 16.3 Å². The van der Waals surface area contributed by atoms with Crippen LogP contribution in [-0.2, 0) is 14.8 Å². The largest absolute Gasteiger partial charge is 0.480 e. The standard InChI is InChI=1S/C13H17NO4S/c1-10-5-4-6-11(9-10)19(17,18)14-8-3-2-7-12(14)13(15)16/h4-6,9,12H,2-3,7-8H2,1H3,(H,15,16)/t12-/m0/s1. The van der Waals surface area contributed by atoms with Crippen molar-refractivity contribution in [2.75, 3.05) is 6.54 Å². The minimum absolute atomic E-state index is 0.167. The van der Waals surface area contributed by atoms with Crippen LogP contribution in [0.3, 0.4) is 0 Å². The monoisotopic (exact) mass is 283 g/mol. The maximum Gasteiger partial charge on any atom is 0.322 e. The van der Waals surface area contributed by atoms with E-state index in [4.69, 9.17) is 5.11 Å². The molecule has 0 amide bonds. The molecule has 0 aromatic heterocycles. The third kappa shape index (κ3) is 2.79. The van der Waals surface area contributed by atoms with Gasteiger partial charge in [0, 0.05) is 6.54 Å². The number of hydrogen-bond donors (Lipinski definition) is 1. The Hall–Kier alpha value is -1.40. The van der Waals surface area contributed by atoms with Crippen LogP contribution in [0.5, 0.6) is 0 Å². The van der Waals surface area contributed by atoms with E-state index in [1.165, 1.54) is 6.07 Å². The van der Waals surface area contributed by atoms with E-state index in [1.807, 2.05) is 13.0 Å². The molecule has 6 heteroatoms. The van der Waals surface area contributed by atoms with Crippen molar-refractivity contribution in [3.05, 3.63) is 29.8 Å². The number of sulfonamides is 1. The number of benzene rings is 1. The molecule has 1 aliphatic rings. The summed E-state index contributed by atoms with van der Waals surface area (Å²) in [5.74, 6) is -1.07. The van der Waals surface area contributed by atoms with Crippen LogP contribution in [0.15, 0.2) is 29.2 Å². The molecule has 5 nitrogen and oxygen atoms in total. The minimum atomic E-state index is -3.73. The summed E-state index contributed by atoms with van der Waals surface area (Å²) in [6, 6.07) is 5.61. The van der Waals surface area contributed by atoms with Crippen molar-refractivity contribution in [1.82, 2.24) is 4.31 Å². The van der Waals surface area contributed by atoms with E-state index in [-0.39, 0.29) is 11.4 Å². The molecular weight excluding hydrogens is 266 g/mol. The SMILES string of the molecule is Cc1cccc(S(=O)(=O)N2CCCC[C@H]2C(=O)O)c1. The van der Waals surface area contributed by atoms with Gasteiger partial charge in [-0.15, -0.1) is 0 Å². The first kappa shape index (κ1) is 14.0. The predicted octanol–water partition coefficient (Wildman–Crippen LogP) is 1.62. The number of hydrogen-bond acceptors (Lipinski definition) is 3. The highest BCUT2D eigenvalue weighted by molar-refractivity contribution is 7.89. The first-order valence-electron chi connectivity index (χ1n) is 6.24. The Morgan fingerprint density at radius 1 is 1.37 bits per heavy atom. The second-order valence-electron chi connectivity index (χ2n) is 4.78. The van der Waals surface area contributed by atoms with Crippen LogP contribution < -0.4 is 0 Å². The van der Waals surface area contributed by atoms with Crippen LogP contribution >= 0.6 is 0 Å². The summed E-state index contributed by atoms with van der Waals surface area (Å²) < 4.78 is 26.2. The quantitative estimate of drug-likeness (QED) is 0.914. The first-order chi connectivity index (χ1) is 8.93. The molecule has 0 radical (unpaired) electrons. The summed E-state index contributed by atoms with van der Waals surface area (Å²) in [5, 5.41) is 9.17. The zero-order valence-electron chi connectivity index (χ0n) is 10.7. The van der Waals surface area contributed by atoms with E-state index in [1.54, 1.807) is 12.1 Å². The molecule has 0 spiro atoms. The molecule has 0 aliphatic carbocycles. The number of carboxylic acids is 1. The van der Waals surface area contributed by atoms with E-state index in [9.17, 15) is 13.2 Å². The third-order valence-electron chi connectivity index (χ3n) is 3.33. The Kier molecular flexibility index (Phi) is 3.91. The summed E-state index contributed by atoms with van der Waals surface area (Å²) in [6.07, 6.45) is 1.83. The lowest BCUT2D eigenvalue weighted by Crippen LogP contribution is -2.47. The van der Waals surface area contributed by atoms with Gasteiger partial charge in [-0.2, -0.15) is 4.31 Å². The number of piperidine rings is 1. The van der Waals surface area contributed by atoms with Crippen LogP contribution in [-0.4, -0.2) is 36.4 Å². The topological polar surface area (TPSA) is 74.7 Å². The molecule has 1 atom stereocenters. The van der Waals surface area contributed by atoms with Gasteiger partial charge >= 0.3 is 5.97 Å². The molecule has 19 heavy (non-hydrogen) atoms. The van der Waals surface area contributed by atoms with Gasteiger partial charge in [-0.1, -0.05) is 12.1 Å². The summed E-state index contributed by atoms with van der Waals surface area (Å²) in [7, 11) is -3.73. The zero-order chi connectivity index (χ0) is 14.0. The van der Waals surface area contributed by atoms with E-state index in [0.29, 0.717) is 12.8 Å². The number of nitrogens with zero attached hydrogens (tertiary/aromatic N) is 1. The Balaban J connectivity index is 2.40. The molecular formula is C13H17NO4S. The molecule has 1 aromatic carbocycles. The van der Waals surface area contributed by atoms with Gasteiger partial charge in [0.25, 0.3) is 0 Å². The van der Waals surface area contributed by atoms with E-state index >= 15 is 0 Å². The fourth-order valence-corrected chi connectivity index (χ4v) is 4.11. The smallest absolute Gasteiger partial charge is 0.322 e. The molecule has 1 aromatic rings. The van der Waals surface area contributed by atoms with Gasteiger partial charge in [-0.25, -0.2) is 8.42 Å². The van der Waals surface area contributed by atoms with Crippen LogP contribution in [0.1, 0.15) is 24.8 Å². The van der Waals surface area contributed by atoms with Crippen molar-refractivity contribution < 1.29 is 18.3 Å². The van der Waals surface area contributed by atoms with Crippen molar-refractivity contribution >= 4 is 16.0 Å². The number of aliphatic carboxylic acids is 1. The van der Waals surface area contributed by atoms with Crippen molar-refractivity contribution in [3.8, 4) is 0 Å². The summed E-state index contributed by atoms with van der Waals surface area (Å²) in [4.78, 5) is 11.4. The van der Waals surface area contributed by atoms with Crippen molar-refractivity contribution in [1.29, 1.82) is 0 Å². The highest BCUT2D eigenvalue weighted by atomic mass is 32.2. The predicted molar refractivity (Wildman–Crippen MR) is 70.3 cm³/mol. The molecule has 1 aliphatic heterocycles. The van der Waals surface area contributed by atoms with Gasteiger partial charge in [-0.05, 0) is 43.9 Å². The maximum absolute atomic E-state index is 12.5. The van der Waals surface area contributed by atoms with Gasteiger partial charge in [0.2, 0.25) is 10.0 Å². The molecule has 1 saturated heterocycles. The van der Waals surface area contributed by atoms with Crippen LogP contribution in [0.2, 0.25) is 0 Å². The molecule has 1 N–H and O–H groups in total. The highest BCUT2D eigenvalue weighted by Crippen LogP contribution is 2.25. The summed E-state index contributed by atoms with van der Waals surface area (Å²) in [6.45, 7) is 2.08. The average Bonchev–Trinajstić information content (AvgIpc) is 2.38. The molecule has 0 saturated carbocycles. The lowest BCUT2D eigenvalue weighted by atomic mass is 10.1. The Labute approximate surface area is 112 Å². The highest BCUT2D eigenvalue weighted by Gasteiger charge is 2.37. The minimum Gasteiger partial charge on any atom is -0.480 e. The van der Waals surface area contributed by atoms with Crippen molar-refractivity contribution in [2.45, 2.75) is 37.1 Å². The van der Waals surface area contributed by atoms with Crippen LogP contribution in [0, 0.1) is 6.92 Å². The average molecular weight is 283 g/mol. The lowest BCUT2D eigenvalue weighted by molar-refractivity contribution is -0.142. The van der Waals surface area contributed by atoms with Crippen molar-refractivity contribution in [2.24, 2.45) is 0 Å². The van der Waals surface area contributed by atoms with E-state index < -0.39 is 22.0 Å². The molecule has 2 rings (SSSR count). The summed E-state index contributed by atoms with van der Waals surface area (Å²) >= 11 is 0. The van der Waals surface area contributed by atoms with Gasteiger partial charge in [-0.3, -0.25) is 4.79 Å². The third-order valence-corrected chi connectivity index (χ3v) is 5.24. The Morgan fingerprint density at radius 2 is 2.11 bits per heavy atom. The van der Waals surface area contributed by atoms with Crippen molar-refractivity contribution in [3.63, 3.8) is 0 Å². The number of aryl methyl sites for hydroxylation is 1. The number of rotatable bonds is 3. The maximum atomic E-state index is 12.5. The van der Waals surface area contributed by atoms with Gasteiger partial charge in [0.05, 0.1) is 4.90 Å². The number of carboxylic acid groups (broad SMARTS) is 1. The molecule has 1 heterocycles. The molecule has 0 unspecified atom stereocenters. The molecule has 0 bridgehead atoms. The van der Waals surface area contributed by atoms with E-state index in [2.05, 4.69) is 0 Å². The lowest BCUT2D eigenvalue weighted by Gasteiger charge is -2.31. The fraction of sp³-hybridized carbons (Fsp3) is 0.462.